The molecule has 4 rings (SSSR count). The Morgan fingerprint density at radius 2 is 2.09 bits per heavy atom. The van der Waals surface area contributed by atoms with Crippen LogP contribution in [0.2, 0.25) is 0 Å². The number of hydrogen-bond donors (Lipinski definition) is 2. The molecule has 0 radical (unpaired) electrons. The number of hydrogen-bond acceptors (Lipinski definition) is 6. The molecule has 8 nitrogen and oxygen atoms in total. The van der Waals surface area contributed by atoms with Gasteiger partial charge in [0.15, 0.2) is 0 Å². The highest BCUT2D eigenvalue weighted by molar-refractivity contribution is 7.17. The average Bonchev–Trinajstić information content (AvgIpc) is 3.49. The van der Waals surface area contributed by atoms with E-state index in [9.17, 15) is 14.4 Å². The van der Waals surface area contributed by atoms with Gasteiger partial charge in [0.25, 0.3) is 11.8 Å². The molecular formula is C24H31N3O5S. The minimum atomic E-state index is -0.314. The summed E-state index contributed by atoms with van der Waals surface area (Å²) in [6.07, 6.45) is 9.06. The normalized spacial score (nSPS) is 18.0. The van der Waals surface area contributed by atoms with E-state index in [1.807, 2.05) is 0 Å². The van der Waals surface area contributed by atoms with E-state index in [4.69, 9.17) is 9.15 Å². The predicted octanol–water partition coefficient (Wildman–Crippen LogP) is 3.48. The molecule has 0 aromatic carbocycles. The van der Waals surface area contributed by atoms with Crippen LogP contribution in [0, 0.1) is 5.92 Å². The van der Waals surface area contributed by atoms with Crippen molar-refractivity contribution in [1.82, 2.24) is 10.2 Å². The van der Waals surface area contributed by atoms with E-state index >= 15 is 0 Å². The van der Waals surface area contributed by atoms with Crippen molar-refractivity contribution in [3.05, 3.63) is 40.2 Å². The van der Waals surface area contributed by atoms with Crippen molar-refractivity contribution in [3.63, 3.8) is 0 Å². The molecule has 1 aliphatic heterocycles. The number of anilines is 1. The summed E-state index contributed by atoms with van der Waals surface area (Å²) < 4.78 is 10.1. The number of carbonyl (C=O) groups excluding carboxylic acids is 3. The molecule has 0 saturated carbocycles. The van der Waals surface area contributed by atoms with E-state index in [1.54, 1.807) is 18.1 Å². The number of carbonyl (C=O) groups is 3. The fraction of sp³-hybridized carbons (Fsp3) is 0.542. The summed E-state index contributed by atoms with van der Waals surface area (Å²) in [4.78, 5) is 41.8. The number of methoxy groups -OCH3 is 1. The number of thiophene rings is 1. The van der Waals surface area contributed by atoms with Gasteiger partial charge in [0.05, 0.1) is 23.3 Å². The molecule has 3 amide bonds. The number of nitrogens with one attached hydrogen (secondary N) is 2. The van der Waals surface area contributed by atoms with Gasteiger partial charge in [-0.3, -0.25) is 14.4 Å². The second kappa shape index (κ2) is 11.0. The standard InChI is InChI=1S/C24H31N3O5S/c1-31-12-5-10-25-22(29)20-18-7-2-3-8-19(18)33-23(20)26-21(28)16-6-4-11-27(14-16)24(30)17-9-13-32-15-17/h9,13,15-16H,2-8,10-12,14H2,1H3,(H,25,29)(H,26,28). The van der Waals surface area contributed by atoms with Crippen molar-refractivity contribution >= 4 is 34.1 Å². The zero-order valence-electron chi connectivity index (χ0n) is 19.0. The molecule has 2 aliphatic rings. The molecule has 1 aliphatic carbocycles. The second-order valence-electron chi connectivity index (χ2n) is 8.61. The first-order valence-corrected chi connectivity index (χ1v) is 12.4. The highest BCUT2D eigenvalue weighted by Crippen LogP contribution is 2.38. The van der Waals surface area contributed by atoms with Gasteiger partial charge in [-0.2, -0.15) is 0 Å². The van der Waals surface area contributed by atoms with Crippen molar-refractivity contribution in [3.8, 4) is 0 Å². The molecule has 1 atom stereocenters. The van der Waals surface area contributed by atoms with Crippen molar-refractivity contribution in [2.45, 2.75) is 44.9 Å². The first-order valence-electron chi connectivity index (χ1n) is 11.6. The molecule has 33 heavy (non-hydrogen) atoms. The maximum absolute atomic E-state index is 13.2. The van der Waals surface area contributed by atoms with Crippen LogP contribution >= 0.6 is 11.3 Å². The SMILES string of the molecule is COCCCNC(=O)c1c(NC(=O)C2CCCN(C(=O)c3ccoc3)C2)sc2c1CCCC2. The number of likely N-dealkylation sites (tertiary alicyclic amines) is 1. The molecule has 9 heteroatoms. The molecule has 2 aromatic rings. The lowest BCUT2D eigenvalue weighted by molar-refractivity contribution is -0.121. The van der Waals surface area contributed by atoms with Crippen LogP contribution in [-0.4, -0.2) is 56.0 Å². The minimum Gasteiger partial charge on any atom is -0.472 e. The third kappa shape index (κ3) is 5.47. The topological polar surface area (TPSA) is 101 Å². The van der Waals surface area contributed by atoms with Gasteiger partial charge in [0.2, 0.25) is 5.91 Å². The van der Waals surface area contributed by atoms with Crippen LogP contribution < -0.4 is 10.6 Å². The number of piperidine rings is 1. The summed E-state index contributed by atoms with van der Waals surface area (Å²) in [6.45, 7) is 2.09. The summed E-state index contributed by atoms with van der Waals surface area (Å²) in [6, 6.07) is 1.64. The Hall–Kier alpha value is -2.65. The molecule has 2 N–H and O–H groups in total. The van der Waals surface area contributed by atoms with Gasteiger partial charge in [-0.15, -0.1) is 11.3 Å². The van der Waals surface area contributed by atoms with E-state index in [-0.39, 0.29) is 23.6 Å². The Morgan fingerprint density at radius 3 is 2.88 bits per heavy atom. The maximum atomic E-state index is 13.2. The van der Waals surface area contributed by atoms with Crippen LogP contribution in [0.3, 0.4) is 0 Å². The molecule has 1 saturated heterocycles. The van der Waals surface area contributed by atoms with Crippen LogP contribution in [0.4, 0.5) is 5.00 Å². The van der Waals surface area contributed by atoms with Crippen LogP contribution in [-0.2, 0) is 22.4 Å². The summed E-state index contributed by atoms with van der Waals surface area (Å²) in [5.41, 5.74) is 2.18. The van der Waals surface area contributed by atoms with Crippen molar-refractivity contribution < 1.29 is 23.5 Å². The first kappa shape index (κ1) is 23.5. The summed E-state index contributed by atoms with van der Waals surface area (Å²) in [5.74, 6) is -0.705. The molecular weight excluding hydrogens is 442 g/mol. The maximum Gasteiger partial charge on any atom is 0.257 e. The summed E-state index contributed by atoms with van der Waals surface area (Å²) in [7, 11) is 1.64. The van der Waals surface area contributed by atoms with Gasteiger partial charge >= 0.3 is 0 Å². The van der Waals surface area contributed by atoms with E-state index in [1.165, 1.54) is 28.7 Å². The Morgan fingerprint density at radius 1 is 1.24 bits per heavy atom. The van der Waals surface area contributed by atoms with Gasteiger partial charge in [-0.1, -0.05) is 0 Å². The van der Waals surface area contributed by atoms with E-state index in [0.29, 0.717) is 48.8 Å². The molecule has 2 aromatic heterocycles. The fourth-order valence-electron chi connectivity index (χ4n) is 4.56. The smallest absolute Gasteiger partial charge is 0.257 e. The second-order valence-corrected chi connectivity index (χ2v) is 9.71. The lowest BCUT2D eigenvalue weighted by Gasteiger charge is -2.31. The highest BCUT2D eigenvalue weighted by Gasteiger charge is 2.32. The molecule has 3 heterocycles. The Labute approximate surface area is 197 Å². The minimum absolute atomic E-state index is 0.121. The number of ether oxygens (including phenoxy) is 1. The summed E-state index contributed by atoms with van der Waals surface area (Å²) >= 11 is 1.52. The third-order valence-electron chi connectivity index (χ3n) is 6.29. The highest BCUT2D eigenvalue weighted by atomic mass is 32.1. The monoisotopic (exact) mass is 473 g/mol. The quantitative estimate of drug-likeness (QED) is 0.572. The van der Waals surface area contributed by atoms with Gasteiger partial charge in [-0.25, -0.2) is 0 Å². The third-order valence-corrected chi connectivity index (χ3v) is 7.50. The van der Waals surface area contributed by atoms with Crippen LogP contribution in [0.1, 0.15) is 63.3 Å². The van der Waals surface area contributed by atoms with Gasteiger partial charge in [-0.05, 0) is 56.6 Å². The van der Waals surface area contributed by atoms with Crippen LogP contribution in [0.25, 0.3) is 0 Å². The fourth-order valence-corrected chi connectivity index (χ4v) is 5.85. The van der Waals surface area contributed by atoms with Crippen molar-refractivity contribution in [1.29, 1.82) is 0 Å². The van der Waals surface area contributed by atoms with Gasteiger partial charge < -0.3 is 24.7 Å². The van der Waals surface area contributed by atoms with Gasteiger partial charge in [0, 0.05) is 38.2 Å². The Balaban J connectivity index is 1.46. The molecule has 1 unspecified atom stereocenters. The number of nitrogens with zero attached hydrogens (tertiary/aromatic N) is 1. The largest absolute Gasteiger partial charge is 0.472 e. The Bertz CT molecular complexity index is 985. The summed E-state index contributed by atoms with van der Waals surface area (Å²) in [5, 5.41) is 6.66. The van der Waals surface area contributed by atoms with E-state index < -0.39 is 0 Å². The lowest BCUT2D eigenvalue weighted by atomic mass is 9.94. The number of furan rings is 1. The zero-order valence-corrected chi connectivity index (χ0v) is 19.8. The molecule has 1 fully saturated rings. The van der Waals surface area contributed by atoms with Crippen LogP contribution in [0.15, 0.2) is 23.0 Å². The Kier molecular flexibility index (Phi) is 7.82. The lowest BCUT2D eigenvalue weighted by Crippen LogP contribution is -2.43. The van der Waals surface area contributed by atoms with E-state index in [0.717, 1.165) is 44.1 Å². The van der Waals surface area contributed by atoms with Crippen molar-refractivity contribution in [2.75, 3.05) is 38.7 Å². The van der Waals surface area contributed by atoms with E-state index in [2.05, 4.69) is 10.6 Å². The molecule has 0 spiro atoms. The first-order chi connectivity index (χ1) is 16.1. The number of rotatable bonds is 8. The number of fused-ring (bicyclic) bond motifs is 1. The average molecular weight is 474 g/mol. The predicted molar refractivity (Wildman–Crippen MR) is 126 cm³/mol. The van der Waals surface area contributed by atoms with Crippen LogP contribution in [0.5, 0.6) is 0 Å². The van der Waals surface area contributed by atoms with Gasteiger partial charge in [0.1, 0.15) is 11.3 Å². The zero-order chi connectivity index (χ0) is 23.2. The van der Waals surface area contributed by atoms with Crippen molar-refractivity contribution in [2.24, 2.45) is 5.92 Å². The molecule has 0 bridgehead atoms. The molecule has 178 valence electrons. The number of aryl methyl sites for hydroxylation is 1. The number of amides is 3.